The van der Waals surface area contributed by atoms with Gasteiger partial charge in [0.2, 0.25) is 0 Å². The summed E-state index contributed by atoms with van der Waals surface area (Å²) in [7, 11) is 0. The Morgan fingerprint density at radius 2 is 2.38 bits per heavy atom. The van der Waals surface area contributed by atoms with Gasteiger partial charge in [0.1, 0.15) is 0 Å². The molecule has 0 aromatic heterocycles. The zero-order chi connectivity index (χ0) is 6.41. The van der Waals surface area contributed by atoms with Gasteiger partial charge < -0.3 is 11.2 Å². The number of carbonyl (C=O) groups is 1. The molecule has 0 aromatic carbocycles. The van der Waals surface area contributed by atoms with E-state index in [0.717, 1.165) is 0 Å². The van der Waals surface area contributed by atoms with Crippen molar-refractivity contribution in [3.05, 3.63) is 6.42 Å². The van der Waals surface area contributed by atoms with Crippen molar-refractivity contribution in [1.29, 1.82) is 0 Å². The van der Waals surface area contributed by atoms with Crippen LogP contribution in [0.15, 0.2) is 0 Å². The fourth-order valence-electron chi connectivity index (χ4n) is 0.387. The number of carbonyl (C=O) groups excluding carboxylic acids is 1. The van der Waals surface area contributed by atoms with Gasteiger partial charge in [0.05, 0.1) is 6.61 Å². The highest BCUT2D eigenvalue weighted by Crippen LogP contribution is 1.87. The van der Waals surface area contributed by atoms with Crippen LogP contribution in [0.25, 0.3) is 0 Å². The molecule has 0 aliphatic heterocycles. The summed E-state index contributed by atoms with van der Waals surface area (Å²) in [5.41, 5.74) is 0. The van der Waals surface area contributed by atoms with E-state index in [4.69, 9.17) is 0 Å². The van der Waals surface area contributed by atoms with E-state index in [1.54, 1.807) is 13.3 Å². The molecule has 0 saturated heterocycles. The van der Waals surface area contributed by atoms with E-state index in [-0.39, 0.29) is 5.97 Å². The summed E-state index contributed by atoms with van der Waals surface area (Å²) in [6.07, 6.45) is 2.20. The fraction of sp³-hybridized carbons (Fsp3) is 0.667. The summed E-state index contributed by atoms with van der Waals surface area (Å²) in [5, 5.41) is 0. The van der Waals surface area contributed by atoms with Crippen LogP contribution < -0.4 is 0 Å². The van der Waals surface area contributed by atoms with Crippen molar-refractivity contribution in [3.8, 4) is 0 Å². The fourth-order valence-corrected chi connectivity index (χ4v) is 0.387. The third kappa shape index (κ3) is 3.65. The Balaban J connectivity index is 3.06. The average Bonchev–Trinajstić information content (AvgIpc) is 1.68. The Morgan fingerprint density at radius 3 is 2.75 bits per heavy atom. The SMILES string of the molecule is C[CH-]CC(=O)OCC. The van der Waals surface area contributed by atoms with Crippen LogP contribution in [0.3, 0.4) is 0 Å². The molecular weight excluding hydrogens is 104 g/mol. The van der Waals surface area contributed by atoms with Gasteiger partial charge in [0.15, 0.2) is 0 Å². The van der Waals surface area contributed by atoms with E-state index in [9.17, 15) is 4.79 Å². The Labute approximate surface area is 49.8 Å². The molecule has 0 fully saturated rings. The first-order valence-corrected chi connectivity index (χ1v) is 2.74. The van der Waals surface area contributed by atoms with Crippen LogP contribution in [0.4, 0.5) is 0 Å². The maximum absolute atomic E-state index is 10.4. The lowest BCUT2D eigenvalue weighted by atomic mass is 10.3. The number of esters is 1. The highest BCUT2D eigenvalue weighted by molar-refractivity contribution is 5.70. The van der Waals surface area contributed by atoms with Crippen LogP contribution in [0.5, 0.6) is 0 Å². The molecule has 0 N–H and O–H groups in total. The number of hydrogen-bond donors (Lipinski definition) is 0. The molecule has 8 heavy (non-hydrogen) atoms. The lowest BCUT2D eigenvalue weighted by Gasteiger charge is -2.02. The second kappa shape index (κ2) is 4.62. The van der Waals surface area contributed by atoms with Crippen molar-refractivity contribution in [1.82, 2.24) is 0 Å². The second-order valence-corrected chi connectivity index (χ2v) is 1.42. The molecule has 2 heteroatoms. The third-order valence-electron chi connectivity index (χ3n) is 0.676. The standard InChI is InChI=1S/C6H11O2/c1-3-5-6(7)8-4-2/h3H,4-5H2,1-2H3/q-1. The molecule has 0 atom stereocenters. The number of hydrogen-bond acceptors (Lipinski definition) is 2. The summed E-state index contributed by atoms with van der Waals surface area (Å²) in [6.45, 7) is 4.11. The van der Waals surface area contributed by atoms with E-state index >= 15 is 0 Å². The quantitative estimate of drug-likeness (QED) is 0.407. The van der Waals surface area contributed by atoms with E-state index < -0.39 is 0 Å². The van der Waals surface area contributed by atoms with Crippen molar-refractivity contribution < 1.29 is 9.53 Å². The summed E-state index contributed by atoms with van der Waals surface area (Å²) < 4.78 is 4.61. The third-order valence-corrected chi connectivity index (χ3v) is 0.676. The predicted octanol–water partition coefficient (Wildman–Crippen LogP) is 1.16. The minimum Gasteiger partial charge on any atom is -0.468 e. The molecule has 0 heterocycles. The van der Waals surface area contributed by atoms with Crippen molar-refractivity contribution in [2.45, 2.75) is 20.3 Å². The molecule has 0 rings (SSSR count). The van der Waals surface area contributed by atoms with Crippen LogP contribution >= 0.6 is 0 Å². The predicted molar refractivity (Wildman–Crippen MR) is 31.2 cm³/mol. The molecule has 0 aromatic rings. The zero-order valence-corrected chi connectivity index (χ0v) is 5.31. The lowest BCUT2D eigenvalue weighted by Crippen LogP contribution is -2.02. The van der Waals surface area contributed by atoms with Crippen LogP contribution in [0.1, 0.15) is 20.3 Å². The lowest BCUT2D eigenvalue weighted by molar-refractivity contribution is -0.142. The Kier molecular flexibility index (Phi) is 4.32. The van der Waals surface area contributed by atoms with Gasteiger partial charge in [-0.15, -0.1) is 0 Å². The first-order chi connectivity index (χ1) is 3.81. The van der Waals surface area contributed by atoms with E-state index in [1.165, 1.54) is 0 Å². The summed E-state index contributed by atoms with van der Waals surface area (Å²) in [5.74, 6) is -0.144. The van der Waals surface area contributed by atoms with Gasteiger partial charge in [-0.25, -0.2) is 0 Å². The first-order valence-electron chi connectivity index (χ1n) is 2.74. The molecule has 0 amide bonds. The average molecular weight is 115 g/mol. The van der Waals surface area contributed by atoms with Crippen molar-refractivity contribution in [2.24, 2.45) is 0 Å². The minimum absolute atomic E-state index is 0.144. The number of rotatable bonds is 3. The highest BCUT2D eigenvalue weighted by atomic mass is 16.5. The molecule has 0 spiro atoms. The Hall–Kier alpha value is -0.530. The van der Waals surface area contributed by atoms with Gasteiger partial charge >= 0.3 is 0 Å². The monoisotopic (exact) mass is 115 g/mol. The van der Waals surface area contributed by atoms with Crippen LogP contribution in [0, 0.1) is 6.42 Å². The summed E-state index contributed by atoms with van der Waals surface area (Å²) >= 11 is 0. The van der Waals surface area contributed by atoms with Crippen LogP contribution in [0.2, 0.25) is 0 Å². The van der Waals surface area contributed by atoms with Gasteiger partial charge in [0.25, 0.3) is 5.97 Å². The van der Waals surface area contributed by atoms with Gasteiger partial charge in [-0.1, -0.05) is 6.42 Å². The topological polar surface area (TPSA) is 26.3 Å². The largest absolute Gasteiger partial charge is 0.468 e. The maximum atomic E-state index is 10.4. The summed E-state index contributed by atoms with van der Waals surface area (Å²) in [6, 6.07) is 0. The Bertz CT molecular complexity index is 60.9. The maximum Gasteiger partial charge on any atom is 0.275 e. The number of ether oxygens (including phenoxy) is 1. The normalized spacial score (nSPS) is 8.75. The molecular formula is C6H11O2-. The first kappa shape index (κ1) is 7.47. The van der Waals surface area contributed by atoms with Crippen molar-refractivity contribution in [2.75, 3.05) is 6.61 Å². The smallest absolute Gasteiger partial charge is 0.275 e. The molecule has 0 unspecified atom stereocenters. The van der Waals surface area contributed by atoms with E-state index in [0.29, 0.717) is 13.0 Å². The molecule has 0 aliphatic carbocycles. The van der Waals surface area contributed by atoms with Crippen LogP contribution in [-0.4, -0.2) is 12.6 Å². The summed E-state index contributed by atoms with van der Waals surface area (Å²) in [4.78, 5) is 10.4. The van der Waals surface area contributed by atoms with E-state index in [1.807, 2.05) is 6.92 Å². The van der Waals surface area contributed by atoms with Crippen molar-refractivity contribution in [3.63, 3.8) is 0 Å². The molecule has 0 bridgehead atoms. The van der Waals surface area contributed by atoms with E-state index in [2.05, 4.69) is 4.74 Å². The molecule has 2 nitrogen and oxygen atoms in total. The minimum atomic E-state index is -0.144. The molecule has 0 radical (unpaired) electrons. The molecule has 48 valence electrons. The van der Waals surface area contributed by atoms with Gasteiger partial charge in [0, 0.05) is 0 Å². The molecule has 0 saturated carbocycles. The molecule has 0 aliphatic rings. The van der Waals surface area contributed by atoms with Gasteiger partial charge in [-0.05, 0) is 6.92 Å². The van der Waals surface area contributed by atoms with Gasteiger partial charge in [-0.3, -0.25) is 4.79 Å². The Morgan fingerprint density at radius 1 is 1.75 bits per heavy atom. The van der Waals surface area contributed by atoms with Crippen LogP contribution in [-0.2, 0) is 9.53 Å². The zero-order valence-electron chi connectivity index (χ0n) is 5.31. The highest BCUT2D eigenvalue weighted by Gasteiger charge is 1.88. The van der Waals surface area contributed by atoms with Crippen molar-refractivity contribution >= 4 is 5.97 Å². The second-order valence-electron chi connectivity index (χ2n) is 1.42. The van der Waals surface area contributed by atoms with Gasteiger partial charge in [-0.2, -0.15) is 6.92 Å².